The first-order valence-corrected chi connectivity index (χ1v) is 10.4. The van der Waals surface area contributed by atoms with Crippen molar-refractivity contribution in [2.75, 3.05) is 11.5 Å². The van der Waals surface area contributed by atoms with Gasteiger partial charge in [0.15, 0.2) is 19.7 Å². The zero-order valence-electron chi connectivity index (χ0n) is 11.4. The van der Waals surface area contributed by atoms with Crippen LogP contribution in [0.3, 0.4) is 0 Å². The van der Waals surface area contributed by atoms with Crippen molar-refractivity contribution < 1.29 is 21.9 Å². The van der Waals surface area contributed by atoms with Gasteiger partial charge in [-0.3, -0.25) is 0 Å². The van der Waals surface area contributed by atoms with E-state index >= 15 is 0 Å². The number of hydrogen-bond acceptors (Lipinski definition) is 5. The van der Waals surface area contributed by atoms with Crippen LogP contribution in [0.4, 0.5) is 0 Å². The van der Waals surface area contributed by atoms with Crippen molar-refractivity contribution in [3.63, 3.8) is 0 Å². The molecule has 2 bridgehead atoms. The molecule has 3 aliphatic rings. The third kappa shape index (κ3) is 1.57. The summed E-state index contributed by atoms with van der Waals surface area (Å²) in [6, 6.07) is 0. The molecule has 1 saturated carbocycles. The summed E-state index contributed by atoms with van der Waals surface area (Å²) in [4.78, 5) is 0. The number of unbranched alkanes of at least 4 members (excludes halogenated alkanes) is 1. The maximum Gasteiger partial charge on any atom is 0.160 e. The molecule has 0 radical (unpaired) electrons. The van der Waals surface area contributed by atoms with E-state index in [0.717, 1.165) is 6.42 Å². The Balaban J connectivity index is 2.16. The lowest BCUT2D eigenvalue weighted by Crippen LogP contribution is -2.57. The Morgan fingerprint density at radius 1 is 1.35 bits per heavy atom. The van der Waals surface area contributed by atoms with E-state index in [9.17, 15) is 21.9 Å². The van der Waals surface area contributed by atoms with E-state index in [1.165, 1.54) is 0 Å². The minimum atomic E-state index is -3.65. The molecule has 0 aromatic rings. The predicted octanol–water partition coefficient (Wildman–Crippen LogP) is 0.304. The highest BCUT2D eigenvalue weighted by atomic mass is 32.2. The molecular formula is C13H20O5S2. The molecule has 1 saturated heterocycles. The summed E-state index contributed by atoms with van der Waals surface area (Å²) in [5.74, 6) is -1.06. The number of sulfone groups is 2. The van der Waals surface area contributed by atoms with Gasteiger partial charge in [0.25, 0.3) is 0 Å². The molecule has 7 heteroatoms. The average molecular weight is 320 g/mol. The summed E-state index contributed by atoms with van der Waals surface area (Å²) in [6.45, 7) is 1.90. The van der Waals surface area contributed by atoms with E-state index in [2.05, 4.69) is 0 Å². The average Bonchev–Trinajstić information content (AvgIpc) is 2.98. The molecule has 5 nitrogen and oxygen atoms in total. The topological polar surface area (TPSA) is 88.5 Å². The van der Waals surface area contributed by atoms with E-state index in [1.807, 2.05) is 13.0 Å². The molecule has 0 aromatic carbocycles. The summed E-state index contributed by atoms with van der Waals surface area (Å²) < 4.78 is 48.8. The fourth-order valence-electron chi connectivity index (χ4n) is 4.40. The lowest BCUT2D eigenvalue weighted by atomic mass is 9.88. The molecule has 5 atom stereocenters. The Kier molecular flexibility index (Phi) is 3.13. The summed E-state index contributed by atoms with van der Waals surface area (Å²) in [7, 11) is -7.20. The fourth-order valence-corrected chi connectivity index (χ4v) is 10.6. The Labute approximate surface area is 119 Å². The number of hydrogen-bond donors (Lipinski definition) is 1. The molecule has 114 valence electrons. The summed E-state index contributed by atoms with van der Waals surface area (Å²) in [5, 5.41) is 9.41. The van der Waals surface area contributed by atoms with Crippen LogP contribution in [0.2, 0.25) is 0 Å². The highest BCUT2D eigenvalue weighted by Crippen LogP contribution is 2.59. The first kappa shape index (κ1) is 14.5. The Hall–Kier alpha value is -0.400. The SMILES string of the molecule is CCCCS(=O)(=O)C12C(O)CS(=O)(=O)C1C1C=CC2C1. The maximum absolute atomic E-state index is 12.8. The van der Waals surface area contributed by atoms with Gasteiger partial charge in [0.05, 0.1) is 22.9 Å². The molecule has 5 unspecified atom stereocenters. The minimum Gasteiger partial charge on any atom is -0.390 e. The molecule has 2 fully saturated rings. The zero-order chi connectivity index (χ0) is 14.8. The van der Waals surface area contributed by atoms with Crippen LogP contribution in [-0.2, 0) is 19.7 Å². The summed E-state index contributed by atoms with van der Waals surface area (Å²) in [5.41, 5.74) is 0. The maximum atomic E-state index is 12.8. The van der Waals surface area contributed by atoms with Crippen molar-refractivity contribution in [1.29, 1.82) is 0 Å². The van der Waals surface area contributed by atoms with Crippen LogP contribution in [0.1, 0.15) is 26.2 Å². The number of aliphatic hydroxyl groups is 1. The van der Waals surface area contributed by atoms with Gasteiger partial charge in [-0.2, -0.15) is 0 Å². The van der Waals surface area contributed by atoms with Crippen molar-refractivity contribution in [3.8, 4) is 0 Å². The highest BCUT2D eigenvalue weighted by molar-refractivity contribution is 7.97. The van der Waals surface area contributed by atoms with Gasteiger partial charge in [0.2, 0.25) is 0 Å². The molecule has 20 heavy (non-hydrogen) atoms. The minimum absolute atomic E-state index is 0.0381. The smallest absolute Gasteiger partial charge is 0.160 e. The highest BCUT2D eigenvalue weighted by Gasteiger charge is 2.74. The van der Waals surface area contributed by atoms with Gasteiger partial charge in [-0.05, 0) is 18.8 Å². The predicted molar refractivity (Wildman–Crippen MR) is 75.7 cm³/mol. The second kappa shape index (κ2) is 4.30. The van der Waals surface area contributed by atoms with Crippen LogP contribution in [0.15, 0.2) is 12.2 Å². The van der Waals surface area contributed by atoms with E-state index in [0.29, 0.717) is 12.8 Å². The van der Waals surface area contributed by atoms with Crippen molar-refractivity contribution in [2.24, 2.45) is 11.8 Å². The van der Waals surface area contributed by atoms with Gasteiger partial charge in [-0.15, -0.1) is 0 Å². The standard InChI is InChI=1S/C13H20O5S2/c1-2-3-6-20(17,18)13-10-5-4-9(7-10)12(13)19(15,16)8-11(13)14/h4-5,9-12,14H,2-3,6-8H2,1H3. The summed E-state index contributed by atoms with van der Waals surface area (Å²) >= 11 is 0. The van der Waals surface area contributed by atoms with E-state index < -0.39 is 41.5 Å². The van der Waals surface area contributed by atoms with Gasteiger partial charge in [0.1, 0.15) is 4.75 Å². The van der Waals surface area contributed by atoms with Gasteiger partial charge in [-0.25, -0.2) is 16.8 Å². The second-order valence-electron chi connectivity index (χ2n) is 6.18. The number of rotatable bonds is 4. The number of allylic oxidation sites excluding steroid dienone is 2. The molecular weight excluding hydrogens is 300 g/mol. The lowest BCUT2D eigenvalue weighted by molar-refractivity contribution is 0.142. The molecule has 2 aliphatic carbocycles. The Bertz CT molecular complexity index is 648. The Morgan fingerprint density at radius 3 is 2.70 bits per heavy atom. The monoisotopic (exact) mass is 320 g/mol. The van der Waals surface area contributed by atoms with Crippen LogP contribution in [0, 0.1) is 11.8 Å². The lowest BCUT2D eigenvalue weighted by Gasteiger charge is -2.37. The molecule has 0 amide bonds. The summed E-state index contributed by atoms with van der Waals surface area (Å²) in [6.07, 6.45) is 4.09. The number of fused-ring (bicyclic) bond motifs is 5. The molecule has 0 aromatic heterocycles. The van der Waals surface area contributed by atoms with Crippen molar-refractivity contribution in [2.45, 2.75) is 42.3 Å². The van der Waals surface area contributed by atoms with E-state index in [4.69, 9.17) is 0 Å². The normalized spacial score (nSPS) is 44.9. The third-order valence-electron chi connectivity index (χ3n) is 5.13. The molecule has 1 aliphatic heterocycles. The second-order valence-corrected chi connectivity index (χ2v) is 10.7. The van der Waals surface area contributed by atoms with Crippen molar-refractivity contribution >= 4 is 19.7 Å². The van der Waals surface area contributed by atoms with Crippen LogP contribution in [0.5, 0.6) is 0 Å². The van der Waals surface area contributed by atoms with Crippen LogP contribution < -0.4 is 0 Å². The molecule has 1 N–H and O–H groups in total. The van der Waals surface area contributed by atoms with Gasteiger partial charge in [-0.1, -0.05) is 25.5 Å². The van der Waals surface area contributed by atoms with Gasteiger partial charge < -0.3 is 5.11 Å². The zero-order valence-corrected chi connectivity index (χ0v) is 13.0. The molecule has 1 heterocycles. The third-order valence-corrected chi connectivity index (χ3v) is 10.3. The van der Waals surface area contributed by atoms with Crippen molar-refractivity contribution in [3.05, 3.63) is 12.2 Å². The Morgan fingerprint density at radius 2 is 2.05 bits per heavy atom. The molecule has 0 spiro atoms. The largest absolute Gasteiger partial charge is 0.390 e. The van der Waals surface area contributed by atoms with E-state index in [1.54, 1.807) is 6.08 Å². The first-order chi connectivity index (χ1) is 9.27. The van der Waals surface area contributed by atoms with Crippen molar-refractivity contribution in [1.82, 2.24) is 0 Å². The first-order valence-electron chi connectivity index (χ1n) is 7.07. The van der Waals surface area contributed by atoms with Crippen LogP contribution >= 0.6 is 0 Å². The quantitative estimate of drug-likeness (QED) is 0.753. The van der Waals surface area contributed by atoms with Crippen LogP contribution in [0.25, 0.3) is 0 Å². The van der Waals surface area contributed by atoms with Gasteiger partial charge >= 0.3 is 0 Å². The fraction of sp³-hybridized carbons (Fsp3) is 0.846. The molecule has 3 rings (SSSR count). The van der Waals surface area contributed by atoms with Gasteiger partial charge in [0, 0.05) is 5.92 Å². The van der Waals surface area contributed by atoms with Crippen LogP contribution in [-0.4, -0.2) is 49.5 Å². The number of aliphatic hydroxyl groups excluding tert-OH is 1. The van der Waals surface area contributed by atoms with E-state index in [-0.39, 0.29) is 17.6 Å².